The van der Waals surface area contributed by atoms with Crippen LogP contribution in [0, 0.1) is 0 Å². The van der Waals surface area contributed by atoms with Crippen LogP contribution < -0.4 is 5.32 Å². The van der Waals surface area contributed by atoms with Crippen molar-refractivity contribution in [2.45, 2.75) is 0 Å². The van der Waals surface area contributed by atoms with E-state index in [4.69, 9.17) is 11.6 Å². The van der Waals surface area contributed by atoms with E-state index in [1.807, 2.05) is 12.1 Å². The Labute approximate surface area is 139 Å². The van der Waals surface area contributed by atoms with Gasteiger partial charge in [-0.1, -0.05) is 27.5 Å². The quantitative estimate of drug-likeness (QED) is 0.694. The molecule has 2 aromatic rings. The lowest BCUT2D eigenvalue weighted by Gasteiger charge is -2.09. The van der Waals surface area contributed by atoms with E-state index in [9.17, 15) is 4.79 Å². The van der Waals surface area contributed by atoms with Crippen LogP contribution in [0.4, 0.5) is 5.69 Å². The third-order valence-corrected chi connectivity index (χ3v) is 3.97. The molecule has 0 spiro atoms. The largest absolute Gasteiger partial charge is 0.319 e. The van der Waals surface area contributed by atoms with Crippen molar-refractivity contribution in [2.24, 2.45) is 0 Å². The van der Waals surface area contributed by atoms with Gasteiger partial charge in [0.05, 0.1) is 18.1 Å². The fraction of sp³-hybridized carbons (Fsp3) is 0. The number of halogens is 4. The standard InChI is InChI=1S/C11H5Br3ClN3O/c12-5-1-6(13)10(7(14)2-5)18-11(19)8-3-16-4-9(15)17-8/h1-4H,(H,18,19). The van der Waals surface area contributed by atoms with Crippen molar-refractivity contribution in [3.8, 4) is 0 Å². The van der Waals surface area contributed by atoms with E-state index in [-0.39, 0.29) is 10.8 Å². The molecule has 0 atom stereocenters. The van der Waals surface area contributed by atoms with E-state index in [0.717, 1.165) is 13.4 Å². The molecule has 0 unspecified atom stereocenters. The van der Waals surface area contributed by atoms with Gasteiger partial charge < -0.3 is 5.32 Å². The topological polar surface area (TPSA) is 54.9 Å². The highest BCUT2D eigenvalue weighted by molar-refractivity contribution is 9.11. The van der Waals surface area contributed by atoms with Gasteiger partial charge >= 0.3 is 0 Å². The molecule has 0 radical (unpaired) electrons. The van der Waals surface area contributed by atoms with Gasteiger partial charge in [0.2, 0.25) is 0 Å². The number of benzene rings is 1. The second kappa shape index (κ2) is 6.30. The van der Waals surface area contributed by atoms with Gasteiger partial charge in [-0.25, -0.2) is 4.98 Å². The summed E-state index contributed by atoms with van der Waals surface area (Å²) in [5.74, 6) is -0.390. The summed E-state index contributed by atoms with van der Waals surface area (Å²) in [6, 6.07) is 3.65. The first kappa shape index (κ1) is 14.9. The molecular formula is C11H5Br3ClN3O. The number of amides is 1. The lowest BCUT2D eigenvalue weighted by atomic mass is 10.3. The summed E-state index contributed by atoms with van der Waals surface area (Å²) < 4.78 is 2.35. The van der Waals surface area contributed by atoms with Crippen LogP contribution in [-0.2, 0) is 0 Å². The Morgan fingerprint density at radius 3 is 2.37 bits per heavy atom. The third-order valence-electron chi connectivity index (χ3n) is 2.08. The molecule has 0 saturated heterocycles. The SMILES string of the molecule is O=C(Nc1c(Br)cc(Br)cc1Br)c1cncc(Cl)n1. The molecule has 19 heavy (non-hydrogen) atoms. The van der Waals surface area contributed by atoms with Crippen molar-refractivity contribution in [1.82, 2.24) is 9.97 Å². The minimum Gasteiger partial charge on any atom is -0.319 e. The molecule has 0 aliphatic carbocycles. The van der Waals surface area contributed by atoms with Crippen molar-refractivity contribution < 1.29 is 4.79 Å². The number of anilines is 1. The van der Waals surface area contributed by atoms with Gasteiger partial charge in [0, 0.05) is 13.4 Å². The van der Waals surface area contributed by atoms with Gasteiger partial charge in [0.25, 0.3) is 5.91 Å². The Bertz CT molecular complexity index is 628. The highest BCUT2D eigenvalue weighted by Crippen LogP contribution is 2.34. The molecule has 98 valence electrons. The Kier molecular flexibility index (Phi) is 4.94. The van der Waals surface area contributed by atoms with E-state index in [0.29, 0.717) is 5.69 Å². The summed E-state index contributed by atoms with van der Waals surface area (Å²) in [6.07, 6.45) is 2.71. The fourth-order valence-electron chi connectivity index (χ4n) is 1.29. The normalized spacial score (nSPS) is 10.3. The highest BCUT2D eigenvalue weighted by Gasteiger charge is 2.13. The van der Waals surface area contributed by atoms with Crippen LogP contribution in [0.2, 0.25) is 5.15 Å². The molecule has 1 N–H and O–H groups in total. The molecule has 2 rings (SSSR count). The molecule has 1 aromatic carbocycles. The first-order valence-electron chi connectivity index (χ1n) is 4.91. The van der Waals surface area contributed by atoms with Crippen LogP contribution in [0.1, 0.15) is 10.5 Å². The Morgan fingerprint density at radius 1 is 1.16 bits per heavy atom. The molecule has 1 amide bonds. The first-order valence-corrected chi connectivity index (χ1v) is 7.66. The monoisotopic (exact) mass is 467 g/mol. The second-order valence-electron chi connectivity index (χ2n) is 3.43. The summed E-state index contributed by atoms with van der Waals surface area (Å²) in [4.78, 5) is 19.7. The molecule has 8 heteroatoms. The maximum Gasteiger partial charge on any atom is 0.275 e. The van der Waals surface area contributed by atoms with E-state index < -0.39 is 5.91 Å². The van der Waals surface area contributed by atoms with E-state index in [1.165, 1.54) is 12.4 Å². The van der Waals surface area contributed by atoms with E-state index in [1.54, 1.807) is 0 Å². The zero-order chi connectivity index (χ0) is 14.0. The zero-order valence-corrected chi connectivity index (χ0v) is 14.6. The number of rotatable bonds is 2. The predicted octanol–water partition coefficient (Wildman–Crippen LogP) is 4.67. The molecule has 1 aromatic heterocycles. The average Bonchev–Trinajstić information content (AvgIpc) is 2.33. The first-order chi connectivity index (χ1) is 8.97. The van der Waals surface area contributed by atoms with Crippen LogP contribution in [0.15, 0.2) is 37.9 Å². The Hall–Kier alpha value is -0.500. The molecule has 0 aliphatic heterocycles. The molecule has 1 heterocycles. The van der Waals surface area contributed by atoms with Crippen LogP contribution in [0.3, 0.4) is 0 Å². The van der Waals surface area contributed by atoms with Gasteiger partial charge in [-0.15, -0.1) is 0 Å². The Balaban J connectivity index is 2.29. The van der Waals surface area contributed by atoms with E-state index in [2.05, 4.69) is 63.1 Å². The third kappa shape index (κ3) is 3.75. The summed E-state index contributed by atoms with van der Waals surface area (Å²) in [6.45, 7) is 0. The number of carbonyl (C=O) groups is 1. The van der Waals surface area contributed by atoms with Gasteiger partial charge in [-0.3, -0.25) is 9.78 Å². The predicted molar refractivity (Wildman–Crippen MR) is 84.5 cm³/mol. The number of aromatic nitrogens is 2. The molecular weight excluding hydrogens is 465 g/mol. The van der Waals surface area contributed by atoms with Crippen molar-refractivity contribution in [2.75, 3.05) is 5.32 Å². The number of nitrogens with one attached hydrogen (secondary N) is 1. The minimum atomic E-state index is -0.390. The van der Waals surface area contributed by atoms with Crippen LogP contribution in [0.25, 0.3) is 0 Å². The maximum atomic E-state index is 12.0. The summed E-state index contributed by atoms with van der Waals surface area (Å²) in [5.41, 5.74) is 0.754. The van der Waals surface area contributed by atoms with Gasteiger partial charge in [-0.2, -0.15) is 0 Å². The second-order valence-corrected chi connectivity index (χ2v) is 6.44. The molecule has 0 aliphatic rings. The van der Waals surface area contributed by atoms with Gasteiger partial charge in [0.15, 0.2) is 0 Å². The summed E-state index contributed by atoms with van der Waals surface area (Å²) >= 11 is 15.8. The molecule has 4 nitrogen and oxygen atoms in total. The lowest BCUT2D eigenvalue weighted by molar-refractivity contribution is 0.102. The van der Waals surface area contributed by atoms with Crippen LogP contribution >= 0.6 is 59.4 Å². The van der Waals surface area contributed by atoms with Gasteiger partial charge in [0.1, 0.15) is 10.8 Å². The van der Waals surface area contributed by atoms with Crippen molar-refractivity contribution in [1.29, 1.82) is 0 Å². The minimum absolute atomic E-state index is 0.147. The fourth-order valence-corrected chi connectivity index (χ4v) is 3.90. The van der Waals surface area contributed by atoms with Gasteiger partial charge in [-0.05, 0) is 44.0 Å². The van der Waals surface area contributed by atoms with Crippen molar-refractivity contribution in [3.63, 3.8) is 0 Å². The zero-order valence-electron chi connectivity index (χ0n) is 9.12. The number of carbonyl (C=O) groups excluding carboxylic acids is 1. The van der Waals surface area contributed by atoms with Crippen LogP contribution in [0.5, 0.6) is 0 Å². The number of hydrogen-bond donors (Lipinski definition) is 1. The highest BCUT2D eigenvalue weighted by atomic mass is 79.9. The molecule has 0 fully saturated rings. The number of nitrogens with zero attached hydrogens (tertiary/aromatic N) is 2. The summed E-state index contributed by atoms with van der Waals surface area (Å²) in [7, 11) is 0. The molecule has 0 bridgehead atoms. The summed E-state index contributed by atoms with van der Waals surface area (Å²) in [5, 5.41) is 2.90. The van der Waals surface area contributed by atoms with Crippen molar-refractivity contribution >= 4 is 71.0 Å². The average molecular weight is 470 g/mol. The van der Waals surface area contributed by atoms with E-state index >= 15 is 0 Å². The van der Waals surface area contributed by atoms with Crippen molar-refractivity contribution in [3.05, 3.63) is 48.8 Å². The van der Waals surface area contributed by atoms with Crippen LogP contribution in [-0.4, -0.2) is 15.9 Å². The maximum absolute atomic E-state index is 12.0. The lowest BCUT2D eigenvalue weighted by Crippen LogP contribution is -2.14. The Morgan fingerprint density at radius 2 is 1.79 bits per heavy atom. The smallest absolute Gasteiger partial charge is 0.275 e. The number of hydrogen-bond acceptors (Lipinski definition) is 3. The molecule has 0 saturated carbocycles.